The highest BCUT2D eigenvalue weighted by Crippen LogP contribution is 2.50. The number of carbonyl (C=O) groups excluding carboxylic acids is 2. The Morgan fingerprint density at radius 1 is 1.20 bits per heavy atom. The van der Waals surface area contributed by atoms with Gasteiger partial charge < -0.3 is 24.1 Å². The second kappa shape index (κ2) is 6.91. The Morgan fingerprint density at radius 3 is 2.57 bits per heavy atom. The number of rotatable bonds is 3. The van der Waals surface area contributed by atoms with Crippen LogP contribution >= 0.6 is 0 Å². The Kier molecular flexibility index (Phi) is 4.49. The Labute approximate surface area is 170 Å². The van der Waals surface area contributed by atoms with Crippen molar-refractivity contribution in [1.82, 2.24) is 0 Å². The lowest BCUT2D eigenvalue weighted by Gasteiger charge is -2.28. The van der Waals surface area contributed by atoms with Crippen LogP contribution in [-0.2, 0) is 4.79 Å². The molecule has 2 heterocycles. The molecule has 3 aromatic rings. The topological polar surface area (TPSA) is 123 Å². The molecule has 0 saturated heterocycles. The van der Waals surface area contributed by atoms with Gasteiger partial charge in [-0.1, -0.05) is 6.07 Å². The number of carbonyl (C=O) groups is 2. The highest BCUT2D eigenvalue weighted by molar-refractivity contribution is 6.09. The standard InChI is InChI=1S/C22H18O8/c1-9-6-15(25)29-21-17(9)20(27)18(10(2)23)22-19(21)12(8-16(26)30-22)11-4-5-14(28-3)13(24)7-11/h4-7,12,24,27H,8H2,1-3H3/t12-/m1/s1. The summed E-state index contributed by atoms with van der Waals surface area (Å²) in [7, 11) is 1.41. The molecule has 30 heavy (non-hydrogen) atoms. The average molecular weight is 410 g/mol. The van der Waals surface area contributed by atoms with Gasteiger partial charge >= 0.3 is 11.6 Å². The van der Waals surface area contributed by atoms with Crippen molar-refractivity contribution >= 4 is 22.7 Å². The molecule has 0 radical (unpaired) electrons. The van der Waals surface area contributed by atoms with E-state index in [0.29, 0.717) is 11.1 Å². The fraction of sp³-hybridized carbons (Fsp3) is 0.227. The first kappa shape index (κ1) is 19.5. The van der Waals surface area contributed by atoms with Crippen molar-refractivity contribution in [3.05, 3.63) is 56.9 Å². The van der Waals surface area contributed by atoms with E-state index >= 15 is 0 Å². The van der Waals surface area contributed by atoms with Gasteiger partial charge in [0, 0.05) is 17.5 Å². The van der Waals surface area contributed by atoms with Gasteiger partial charge in [0.15, 0.2) is 23.0 Å². The predicted molar refractivity (Wildman–Crippen MR) is 106 cm³/mol. The maximum atomic E-state index is 12.4. The monoisotopic (exact) mass is 410 g/mol. The Bertz CT molecular complexity index is 1280. The maximum Gasteiger partial charge on any atom is 0.336 e. The molecular weight excluding hydrogens is 392 g/mol. The van der Waals surface area contributed by atoms with Crippen LogP contribution in [0.3, 0.4) is 0 Å². The van der Waals surface area contributed by atoms with Gasteiger partial charge in [-0.25, -0.2) is 4.79 Å². The smallest absolute Gasteiger partial charge is 0.336 e. The molecule has 2 aromatic carbocycles. The Hall–Kier alpha value is -3.81. The number of Topliss-reactive ketones (excluding diaryl/α,β-unsaturated/α-hetero) is 1. The zero-order chi connectivity index (χ0) is 21.7. The predicted octanol–water partition coefficient (Wildman–Crippen LogP) is 3.16. The summed E-state index contributed by atoms with van der Waals surface area (Å²) in [6.07, 6.45) is -0.117. The Balaban J connectivity index is 2.13. The van der Waals surface area contributed by atoms with Gasteiger partial charge in [0.05, 0.1) is 18.9 Å². The molecule has 2 N–H and O–H groups in total. The molecule has 154 valence electrons. The van der Waals surface area contributed by atoms with E-state index in [-0.39, 0.29) is 45.8 Å². The summed E-state index contributed by atoms with van der Waals surface area (Å²) >= 11 is 0. The Morgan fingerprint density at radius 2 is 1.93 bits per heavy atom. The quantitative estimate of drug-likeness (QED) is 0.292. The van der Waals surface area contributed by atoms with Crippen LogP contribution in [0, 0.1) is 6.92 Å². The van der Waals surface area contributed by atoms with Crippen molar-refractivity contribution in [3.63, 3.8) is 0 Å². The summed E-state index contributed by atoms with van der Waals surface area (Å²) in [5.74, 6) is -2.27. The highest BCUT2D eigenvalue weighted by atomic mass is 16.5. The van der Waals surface area contributed by atoms with Crippen LogP contribution in [0.5, 0.6) is 23.0 Å². The average Bonchev–Trinajstić information content (AvgIpc) is 2.66. The van der Waals surface area contributed by atoms with Gasteiger partial charge in [0.25, 0.3) is 0 Å². The number of phenols is 2. The molecular formula is C22H18O8. The van der Waals surface area contributed by atoms with E-state index < -0.39 is 29.0 Å². The largest absolute Gasteiger partial charge is 0.506 e. The van der Waals surface area contributed by atoms with Crippen LogP contribution in [-0.4, -0.2) is 29.1 Å². The number of benzene rings is 2. The molecule has 8 heteroatoms. The van der Waals surface area contributed by atoms with Gasteiger partial charge in [0.2, 0.25) is 0 Å². The fourth-order valence-electron chi connectivity index (χ4n) is 3.95. The van der Waals surface area contributed by atoms with Crippen LogP contribution in [0.1, 0.15) is 46.3 Å². The lowest BCUT2D eigenvalue weighted by molar-refractivity contribution is -0.135. The molecule has 0 saturated carbocycles. The molecule has 0 fully saturated rings. The van der Waals surface area contributed by atoms with Crippen LogP contribution in [0.15, 0.2) is 33.5 Å². The third-order valence-electron chi connectivity index (χ3n) is 5.24. The van der Waals surface area contributed by atoms with Crippen molar-refractivity contribution < 1.29 is 33.7 Å². The first-order valence-electron chi connectivity index (χ1n) is 9.14. The number of methoxy groups -OCH3 is 1. The first-order valence-corrected chi connectivity index (χ1v) is 9.14. The van der Waals surface area contributed by atoms with Gasteiger partial charge in [-0.15, -0.1) is 0 Å². The van der Waals surface area contributed by atoms with E-state index in [2.05, 4.69) is 0 Å². The van der Waals surface area contributed by atoms with E-state index in [1.807, 2.05) is 0 Å². The van der Waals surface area contributed by atoms with Crippen molar-refractivity contribution in [2.24, 2.45) is 0 Å². The summed E-state index contributed by atoms with van der Waals surface area (Å²) in [4.78, 5) is 36.8. The van der Waals surface area contributed by atoms with Crippen molar-refractivity contribution in [1.29, 1.82) is 0 Å². The molecule has 0 bridgehead atoms. The molecule has 1 aliphatic rings. The summed E-state index contributed by atoms with van der Waals surface area (Å²) in [6, 6.07) is 5.85. The van der Waals surface area contributed by atoms with Crippen molar-refractivity contribution in [2.45, 2.75) is 26.2 Å². The lowest BCUT2D eigenvalue weighted by Crippen LogP contribution is -2.23. The summed E-state index contributed by atoms with van der Waals surface area (Å²) in [5.41, 5.74) is 0.452. The van der Waals surface area contributed by atoms with Gasteiger partial charge in [-0.05, 0) is 37.1 Å². The third-order valence-corrected chi connectivity index (χ3v) is 5.24. The van der Waals surface area contributed by atoms with Gasteiger partial charge in [-0.2, -0.15) is 0 Å². The van der Waals surface area contributed by atoms with Gasteiger partial charge in [0.1, 0.15) is 16.9 Å². The normalized spacial score (nSPS) is 15.6. The minimum absolute atomic E-state index is 0.0327. The molecule has 1 atom stereocenters. The molecule has 8 nitrogen and oxygen atoms in total. The van der Waals surface area contributed by atoms with Crippen molar-refractivity contribution in [2.75, 3.05) is 7.11 Å². The summed E-state index contributed by atoms with van der Waals surface area (Å²) < 4.78 is 15.8. The highest BCUT2D eigenvalue weighted by Gasteiger charge is 2.37. The van der Waals surface area contributed by atoms with Crippen LogP contribution in [0.25, 0.3) is 11.0 Å². The second-order valence-electron chi connectivity index (χ2n) is 7.14. The van der Waals surface area contributed by atoms with E-state index in [9.17, 15) is 24.6 Å². The zero-order valence-electron chi connectivity index (χ0n) is 16.4. The second-order valence-corrected chi connectivity index (χ2v) is 7.14. The number of fused-ring (bicyclic) bond motifs is 3. The SMILES string of the molecule is COc1ccc([C@H]2CC(=O)Oc3c(C(C)=O)c(O)c4c(C)cc(=O)oc4c32)cc1O. The summed E-state index contributed by atoms with van der Waals surface area (Å²) in [6.45, 7) is 2.85. The summed E-state index contributed by atoms with van der Waals surface area (Å²) in [5, 5.41) is 21.2. The van der Waals surface area contributed by atoms with Gasteiger partial charge in [-0.3, -0.25) is 9.59 Å². The molecule has 0 unspecified atom stereocenters. The van der Waals surface area contributed by atoms with E-state index in [1.165, 1.54) is 26.2 Å². The number of hydrogen-bond acceptors (Lipinski definition) is 8. The number of hydrogen-bond donors (Lipinski definition) is 2. The number of ketones is 1. The number of ether oxygens (including phenoxy) is 2. The maximum absolute atomic E-state index is 12.4. The lowest BCUT2D eigenvalue weighted by atomic mass is 9.82. The fourth-order valence-corrected chi connectivity index (χ4v) is 3.95. The van der Waals surface area contributed by atoms with E-state index in [4.69, 9.17) is 13.9 Å². The van der Waals surface area contributed by atoms with Crippen LogP contribution in [0.2, 0.25) is 0 Å². The molecule has 1 aromatic heterocycles. The van der Waals surface area contributed by atoms with E-state index in [0.717, 1.165) is 0 Å². The molecule has 0 aliphatic carbocycles. The molecule has 1 aliphatic heterocycles. The first-order chi connectivity index (χ1) is 14.2. The van der Waals surface area contributed by atoms with Crippen LogP contribution in [0.4, 0.5) is 0 Å². The van der Waals surface area contributed by atoms with Crippen molar-refractivity contribution in [3.8, 4) is 23.0 Å². The molecule has 0 amide bonds. The third kappa shape index (κ3) is 2.88. The number of phenolic OH excluding ortho intramolecular Hbond substituents is 2. The van der Waals surface area contributed by atoms with E-state index in [1.54, 1.807) is 19.1 Å². The van der Waals surface area contributed by atoms with Crippen LogP contribution < -0.4 is 15.1 Å². The zero-order valence-corrected chi connectivity index (χ0v) is 16.4. The number of aromatic hydroxyl groups is 2. The molecule has 4 rings (SSSR count). The number of aryl methyl sites for hydroxylation is 1. The molecule has 0 spiro atoms. The minimum Gasteiger partial charge on any atom is -0.506 e. The minimum atomic E-state index is -0.691. The number of esters is 1.